The van der Waals surface area contributed by atoms with E-state index in [1.165, 1.54) is 7.11 Å². The average molecular weight is 296 g/mol. The highest BCUT2D eigenvalue weighted by molar-refractivity contribution is 5.93. The number of esters is 1. The summed E-state index contributed by atoms with van der Waals surface area (Å²) in [6.07, 6.45) is 2.95. The lowest BCUT2D eigenvalue weighted by Crippen LogP contribution is -2.13. The number of aryl methyl sites for hydroxylation is 2. The predicted molar refractivity (Wildman–Crippen MR) is 79.6 cm³/mol. The molecule has 0 unspecified atom stereocenters. The summed E-state index contributed by atoms with van der Waals surface area (Å²) in [4.78, 5) is 12.1. The Bertz CT molecular complexity index is 456. The van der Waals surface area contributed by atoms with Crippen molar-refractivity contribution in [2.75, 3.05) is 27.8 Å². The molecule has 0 heterocycles. The monoisotopic (exact) mass is 296 g/mol. The predicted octanol–water partition coefficient (Wildman–Crippen LogP) is 3.08. The summed E-state index contributed by atoms with van der Waals surface area (Å²) in [7, 11) is 3.02. The zero-order valence-electron chi connectivity index (χ0n) is 13.2. The molecule has 0 bridgehead atoms. The molecule has 0 amide bonds. The minimum absolute atomic E-state index is 0.0826. The Balaban J connectivity index is 3.11. The lowest BCUT2D eigenvalue weighted by atomic mass is 10.0. The van der Waals surface area contributed by atoms with E-state index < -0.39 is 5.97 Å². The van der Waals surface area contributed by atoms with Crippen LogP contribution in [0.1, 0.15) is 41.3 Å². The molecule has 118 valence electrons. The third kappa shape index (κ3) is 5.36. The third-order valence-corrected chi connectivity index (χ3v) is 2.96. The van der Waals surface area contributed by atoms with E-state index in [0.717, 1.165) is 30.4 Å². The third-order valence-electron chi connectivity index (χ3n) is 2.96. The first kappa shape index (κ1) is 17.5. The number of hydrogen-bond donors (Lipinski definition) is 0. The van der Waals surface area contributed by atoms with Gasteiger partial charge in [-0.2, -0.15) is 0 Å². The minimum Gasteiger partial charge on any atom is -0.466 e. The highest BCUT2D eigenvalue weighted by atomic mass is 16.7. The molecule has 21 heavy (non-hydrogen) atoms. The van der Waals surface area contributed by atoms with Gasteiger partial charge < -0.3 is 18.9 Å². The summed E-state index contributed by atoms with van der Waals surface area (Å²) in [5.41, 5.74) is 2.41. The molecule has 5 nitrogen and oxygen atoms in total. The van der Waals surface area contributed by atoms with Crippen LogP contribution in [0.5, 0.6) is 5.75 Å². The van der Waals surface area contributed by atoms with Crippen LogP contribution in [-0.4, -0.2) is 33.8 Å². The molecule has 0 aliphatic carbocycles. The Kier molecular flexibility index (Phi) is 7.79. The molecule has 1 rings (SSSR count). The molecule has 0 aromatic heterocycles. The van der Waals surface area contributed by atoms with Gasteiger partial charge in [-0.05, 0) is 37.0 Å². The summed E-state index contributed by atoms with van der Waals surface area (Å²) in [5, 5.41) is 0. The highest BCUT2D eigenvalue weighted by Crippen LogP contribution is 2.28. The molecule has 1 aromatic rings. The maximum Gasteiger partial charge on any atom is 0.344 e. The van der Waals surface area contributed by atoms with Crippen molar-refractivity contribution >= 4 is 5.97 Å². The second-order valence-electron chi connectivity index (χ2n) is 4.79. The molecule has 0 saturated heterocycles. The number of carbonyl (C=O) groups is 1. The van der Waals surface area contributed by atoms with Crippen LogP contribution in [0, 0.1) is 6.92 Å². The van der Waals surface area contributed by atoms with Gasteiger partial charge in [0.2, 0.25) is 0 Å². The van der Waals surface area contributed by atoms with E-state index in [0.29, 0.717) is 11.3 Å². The standard InChI is InChI=1S/C16H24O5/c1-5-6-7-13-8-12(2)9-14(15(13)20-10-18-3)16(17)21-11-19-4/h8-9H,5-7,10-11H2,1-4H3. The van der Waals surface area contributed by atoms with Crippen molar-refractivity contribution in [2.24, 2.45) is 0 Å². The molecule has 5 heteroatoms. The molecule has 0 radical (unpaired) electrons. The van der Waals surface area contributed by atoms with E-state index in [9.17, 15) is 4.79 Å². The van der Waals surface area contributed by atoms with Gasteiger partial charge in [0, 0.05) is 14.2 Å². The Morgan fingerprint density at radius 1 is 1.14 bits per heavy atom. The van der Waals surface area contributed by atoms with Gasteiger partial charge in [-0.3, -0.25) is 0 Å². The topological polar surface area (TPSA) is 54.0 Å². The van der Waals surface area contributed by atoms with Gasteiger partial charge in [0.15, 0.2) is 13.6 Å². The van der Waals surface area contributed by atoms with Crippen LogP contribution in [0.4, 0.5) is 0 Å². The van der Waals surface area contributed by atoms with E-state index in [4.69, 9.17) is 18.9 Å². The first-order valence-corrected chi connectivity index (χ1v) is 7.05. The number of benzene rings is 1. The summed E-state index contributed by atoms with van der Waals surface area (Å²) in [5.74, 6) is 0.0846. The van der Waals surface area contributed by atoms with Gasteiger partial charge in [-0.25, -0.2) is 4.79 Å². The number of methoxy groups -OCH3 is 2. The van der Waals surface area contributed by atoms with Crippen molar-refractivity contribution in [3.05, 3.63) is 28.8 Å². The fourth-order valence-corrected chi connectivity index (χ4v) is 2.03. The number of rotatable bonds is 9. The van der Waals surface area contributed by atoms with Crippen molar-refractivity contribution in [1.29, 1.82) is 0 Å². The Hall–Kier alpha value is -1.59. The molecule has 0 atom stereocenters. The largest absolute Gasteiger partial charge is 0.466 e. The Morgan fingerprint density at radius 3 is 2.48 bits per heavy atom. The second-order valence-corrected chi connectivity index (χ2v) is 4.79. The van der Waals surface area contributed by atoms with Crippen LogP contribution < -0.4 is 4.74 Å². The van der Waals surface area contributed by atoms with Gasteiger partial charge in [0.05, 0.1) is 0 Å². The quantitative estimate of drug-likeness (QED) is 0.518. The lowest BCUT2D eigenvalue weighted by Gasteiger charge is -2.16. The lowest BCUT2D eigenvalue weighted by molar-refractivity contribution is -0.0133. The smallest absolute Gasteiger partial charge is 0.344 e. The van der Waals surface area contributed by atoms with Gasteiger partial charge >= 0.3 is 5.97 Å². The first-order valence-electron chi connectivity index (χ1n) is 7.05. The highest BCUT2D eigenvalue weighted by Gasteiger charge is 2.19. The van der Waals surface area contributed by atoms with Gasteiger partial charge in [-0.1, -0.05) is 19.4 Å². The van der Waals surface area contributed by atoms with Crippen molar-refractivity contribution in [2.45, 2.75) is 33.1 Å². The van der Waals surface area contributed by atoms with Gasteiger partial charge in [0.1, 0.15) is 11.3 Å². The number of hydrogen-bond acceptors (Lipinski definition) is 5. The molecular formula is C16H24O5. The zero-order chi connectivity index (χ0) is 15.7. The molecule has 1 aromatic carbocycles. The molecule has 0 aliphatic heterocycles. The van der Waals surface area contributed by atoms with E-state index in [1.807, 2.05) is 13.0 Å². The van der Waals surface area contributed by atoms with Crippen LogP contribution in [-0.2, 0) is 20.6 Å². The molecule has 0 spiro atoms. The van der Waals surface area contributed by atoms with Crippen molar-refractivity contribution in [3.63, 3.8) is 0 Å². The molecule has 0 saturated carbocycles. The van der Waals surface area contributed by atoms with Crippen LogP contribution in [0.15, 0.2) is 12.1 Å². The fourth-order valence-electron chi connectivity index (χ4n) is 2.03. The van der Waals surface area contributed by atoms with Crippen molar-refractivity contribution < 1.29 is 23.7 Å². The molecule has 0 aliphatic rings. The van der Waals surface area contributed by atoms with E-state index >= 15 is 0 Å². The van der Waals surface area contributed by atoms with Gasteiger partial charge in [0.25, 0.3) is 0 Å². The zero-order valence-corrected chi connectivity index (χ0v) is 13.2. The second kappa shape index (κ2) is 9.37. The van der Waals surface area contributed by atoms with Crippen molar-refractivity contribution in [1.82, 2.24) is 0 Å². The van der Waals surface area contributed by atoms with Crippen LogP contribution in [0.3, 0.4) is 0 Å². The molecule has 0 N–H and O–H groups in total. The summed E-state index contributed by atoms with van der Waals surface area (Å²) < 4.78 is 20.4. The summed E-state index contributed by atoms with van der Waals surface area (Å²) in [6.45, 7) is 4.08. The molecule has 0 fully saturated rings. The van der Waals surface area contributed by atoms with E-state index in [1.54, 1.807) is 13.2 Å². The summed E-state index contributed by atoms with van der Waals surface area (Å²) in [6, 6.07) is 3.80. The van der Waals surface area contributed by atoms with Crippen LogP contribution in [0.25, 0.3) is 0 Å². The normalized spacial score (nSPS) is 10.5. The van der Waals surface area contributed by atoms with Crippen molar-refractivity contribution in [3.8, 4) is 5.75 Å². The van der Waals surface area contributed by atoms with E-state index in [-0.39, 0.29) is 13.6 Å². The maximum absolute atomic E-state index is 12.1. The van der Waals surface area contributed by atoms with Gasteiger partial charge in [-0.15, -0.1) is 0 Å². The number of ether oxygens (including phenoxy) is 4. The minimum atomic E-state index is -0.454. The number of unbranched alkanes of at least 4 members (excludes halogenated alkanes) is 1. The molecular weight excluding hydrogens is 272 g/mol. The van der Waals surface area contributed by atoms with Crippen LogP contribution in [0.2, 0.25) is 0 Å². The fraction of sp³-hybridized carbons (Fsp3) is 0.562. The maximum atomic E-state index is 12.1. The first-order chi connectivity index (χ1) is 10.1. The number of carbonyl (C=O) groups excluding carboxylic acids is 1. The van der Waals surface area contributed by atoms with Crippen LogP contribution >= 0.6 is 0 Å². The SMILES string of the molecule is CCCCc1cc(C)cc(C(=O)OCOC)c1OCOC. The Morgan fingerprint density at radius 2 is 1.86 bits per heavy atom. The average Bonchev–Trinajstić information content (AvgIpc) is 2.48. The summed E-state index contributed by atoms with van der Waals surface area (Å²) >= 11 is 0. The van der Waals surface area contributed by atoms with E-state index in [2.05, 4.69) is 6.92 Å². The Labute approximate surface area is 126 Å².